The number of fused-ring (bicyclic) bond motifs is 1. The number of carbonyl (C=O) groups is 2. The fourth-order valence-corrected chi connectivity index (χ4v) is 7.05. The van der Waals surface area contributed by atoms with Crippen LogP contribution in [0.3, 0.4) is 0 Å². The fraction of sp³-hybridized carbons (Fsp3) is 0.576. The minimum atomic E-state index is -3.49. The van der Waals surface area contributed by atoms with Gasteiger partial charge in [0.1, 0.15) is 17.6 Å². The zero-order valence-electron chi connectivity index (χ0n) is 27.0. The predicted octanol–water partition coefficient (Wildman–Crippen LogP) is 5.64. The van der Waals surface area contributed by atoms with Crippen molar-refractivity contribution in [3.63, 3.8) is 0 Å². The monoisotopic (exact) mass is 699 g/mol. The Morgan fingerprint density at radius 2 is 1.61 bits per heavy atom. The number of nitrogens with zero attached hydrogens (tertiary/aromatic N) is 1. The third-order valence-corrected chi connectivity index (χ3v) is 10.2. The van der Waals surface area contributed by atoms with Crippen molar-refractivity contribution < 1.29 is 32.2 Å². The molecule has 0 heterocycles. The summed E-state index contributed by atoms with van der Waals surface area (Å²) in [6.07, 6.45) is 4.57. The molecule has 0 saturated carbocycles. The average molecular weight is 701 g/mol. The average Bonchev–Trinajstić information content (AvgIpc) is 3.38. The maximum absolute atomic E-state index is 12.9. The Balaban J connectivity index is 1.28. The Morgan fingerprint density at radius 3 is 2.30 bits per heavy atom. The van der Waals surface area contributed by atoms with Crippen molar-refractivity contribution >= 4 is 44.9 Å². The molecule has 0 unspecified atom stereocenters. The number of carbonyl (C=O) groups excluding carboxylic acids is 2. The molecular formula is C33H47Cl2N3O7S. The van der Waals surface area contributed by atoms with Crippen LogP contribution in [0.5, 0.6) is 5.75 Å². The van der Waals surface area contributed by atoms with Gasteiger partial charge in [0.25, 0.3) is 0 Å². The summed E-state index contributed by atoms with van der Waals surface area (Å²) in [5, 5.41) is 6.67. The van der Waals surface area contributed by atoms with Crippen LogP contribution in [0, 0.1) is 0 Å². The Bertz CT molecular complexity index is 1370. The quantitative estimate of drug-likeness (QED) is 0.161. The van der Waals surface area contributed by atoms with Crippen molar-refractivity contribution in [3.05, 3.63) is 57.6 Å². The third-order valence-electron chi connectivity index (χ3n) is 7.79. The van der Waals surface area contributed by atoms with Gasteiger partial charge in [-0.25, -0.2) is 13.2 Å². The van der Waals surface area contributed by atoms with Gasteiger partial charge in [-0.3, -0.25) is 4.79 Å². The topological polar surface area (TPSA) is 123 Å². The lowest BCUT2D eigenvalue weighted by Crippen LogP contribution is -2.37. The van der Waals surface area contributed by atoms with E-state index in [4.69, 9.17) is 37.4 Å². The van der Waals surface area contributed by atoms with Gasteiger partial charge in [-0.1, -0.05) is 36.5 Å². The number of unbranched alkanes of at least 4 members (excludes halogenated alkanes) is 2. The van der Waals surface area contributed by atoms with Crippen LogP contribution in [0.25, 0.3) is 0 Å². The van der Waals surface area contributed by atoms with E-state index in [0.29, 0.717) is 68.0 Å². The highest BCUT2D eigenvalue weighted by Gasteiger charge is 2.37. The number of ketones is 1. The minimum absolute atomic E-state index is 0.0420. The van der Waals surface area contributed by atoms with Gasteiger partial charge in [0.15, 0.2) is 9.84 Å². The summed E-state index contributed by atoms with van der Waals surface area (Å²) in [7, 11) is 0.487. The van der Waals surface area contributed by atoms with Gasteiger partial charge in [0.05, 0.1) is 36.5 Å². The predicted molar refractivity (Wildman–Crippen MR) is 181 cm³/mol. The summed E-state index contributed by atoms with van der Waals surface area (Å²) >= 11 is 12.7. The molecule has 0 aliphatic heterocycles. The molecule has 0 spiro atoms. The molecule has 1 aliphatic rings. The van der Waals surface area contributed by atoms with Gasteiger partial charge < -0.3 is 29.7 Å². The molecule has 2 amide bonds. The summed E-state index contributed by atoms with van der Waals surface area (Å²) in [6, 6.07) is 9.91. The van der Waals surface area contributed by atoms with E-state index in [9.17, 15) is 18.0 Å². The summed E-state index contributed by atoms with van der Waals surface area (Å²) in [5.74, 6) is 0.795. The number of hydrogen-bond acceptors (Lipinski definition) is 8. The zero-order valence-corrected chi connectivity index (χ0v) is 29.3. The fourth-order valence-electron chi connectivity index (χ4n) is 5.18. The van der Waals surface area contributed by atoms with E-state index in [1.165, 1.54) is 0 Å². The van der Waals surface area contributed by atoms with Gasteiger partial charge in [-0.2, -0.15) is 0 Å². The van der Waals surface area contributed by atoms with Crippen molar-refractivity contribution in [2.24, 2.45) is 0 Å². The first kappa shape index (κ1) is 38.0. The van der Waals surface area contributed by atoms with E-state index in [1.54, 1.807) is 30.3 Å². The SMILES string of the molecule is CCC(=O)CCCCCNC(=O)NCCOCCOCCCS(=O)(=O)c1ccc(O[C@H]2c3cc(Cl)cc(Cl)c3C[C@@H]2N(C)C)cc1. The second-order valence-electron chi connectivity index (χ2n) is 11.5. The lowest BCUT2D eigenvalue weighted by molar-refractivity contribution is -0.118. The smallest absolute Gasteiger partial charge is 0.314 e. The molecular weight excluding hydrogens is 653 g/mol. The highest BCUT2D eigenvalue weighted by atomic mass is 35.5. The number of hydrogen-bond donors (Lipinski definition) is 2. The summed E-state index contributed by atoms with van der Waals surface area (Å²) in [4.78, 5) is 25.4. The Kier molecular flexibility index (Phi) is 16.1. The molecule has 1 aliphatic carbocycles. The Hall–Kier alpha value is -2.41. The molecule has 46 heavy (non-hydrogen) atoms. The number of halogens is 2. The number of rotatable bonds is 21. The van der Waals surface area contributed by atoms with Crippen LogP contribution >= 0.6 is 23.2 Å². The van der Waals surface area contributed by atoms with Gasteiger partial charge in [0, 0.05) is 48.1 Å². The van der Waals surface area contributed by atoms with E-state index < -0.39 is 9.84 Å². The molecule has 0 saturated heterocycles. The van der Waals surface area contributed by atoms with Gasteiger partial charge >= 0.3 is 6.03 Å². The number of nitrogens with one attached hydrogen (secondary N) is 2. The summed E-state index contributed by atoms with van der Waals surface area (Å²) < 4.78 is 43.1. The molecule has 2 N–H and O–H groups in total. The van der Waals surface area contributed by atoms with E-state index in [2.05, 4.69) is 15.5 Å². The van der Waals surface area contributed by atoms with Gasteiger partial charge in [0.2, 0.25) is 0 Å². The van der Waals surface area contributed by atoms with Crippen LogP contribution in [0.15, 0.2) is 41.3 Å². The van der Waals surface area contributed by atoms with Crippen molar-refractivity contribution in [1.82, 2.24) is 15.5 Å². The molecule has 0 aromatic heterocycles. The number of ether oxygens (including phenoxy) is 3. The molecule has 10 nitrogen and oxygen atoms in total. The number of likely N-dealkylation sites (N-methyl/N-ethyl adjacent to an activating group) is 1. The van der Waals surface area contributed by atoms with E-state index >= 15 is 0 Å². The molecule has 0 fully saturated rings. The maximum Gasteiger partial charge on any atom is 0.314 e. The maximum atomic E-state index is 12.9. The van der Waals surface area contributed by atoms with Crippen molar-refractivity contribution in [2.45, 2.75) is 68.9 Å². The number of sulfone groups is 1. The minimum Gasteiger partial charge on any atom is -0.484 e. The van der Waals surface area contributed by atoms with E-state index in [-0.39, 0.29) is 41.2 Å². The molecule has 2 aromatic carbocycles. The highest BCUT2D eigenvalue weighted by Crippen LogP contribution is 2.42. The summed E-state index contributed by atoms with van der Waals surface area (Å²) in [6.45, 7) is 4.09. The van der Waals surface area contributed by atoms with E-state index in [1.807, 2.05) is 27.1 Å². The van der Waals surface area contributed by atoms with Gasteiger partial charge in [-0.15, -0.1) is 0 Å². The molecule has 2 atom stereocenters. The van der Waals surface area contributed by atoms with Crippen LogP contribution < -0.4 is 15.4 Å². The van der Waals surface area contributed by atoms with Crippen molar-refractivity contribution in [1.29, 1.82) is 0 Å². The first-order valence-corrected chi connectivity index (χ1v) is 18.2. The van der Waals surface area contributed by atoms with Crippen LogP contribution in [0.4, 0.5) is 4.79 Å². The first-order valence-electron chi connectivity index (χ1n) is 15.8. The Morgan fingerprint density at radius 1 is 0.913 bits per heavy atom. The standard InChI is InChI=1S/C33H47Cl2N3O7S/c1-4-25(39)9-6-5-7-14-36-33(40)37-15-17-44-19-18-43-16-8-20-46(41,42)27-12-10-26(11-13-27)45-32-29-21-24(34)22-30(35)28(29)23-31(32)38(2)3/h10-13,21-22,31-32H,4-9,14-20,23H2,1-3H3,(H2,36,37,40)/t31-,32-/m0/s1. The molecule has 2 aromatic rings. The van der Waals surface area contributed by atoms with Crippen molar-refractivity contribution in [3.8, 4) is 5.75 Å². The molecule has 256 valence electrons. The highest BCUT2D eigenvalue weighted by molar-refractivity contribution is 7.91. The normalized spacial score (nSPS) is 16.0. The first-order chi connectivity index (χ1) is 22.0. The second kappa shape index (κ2) is 19.4. The molecule has 13 heteroatoms. The largest absolute Gasteiger partial charge is 0.484 e. The van der Waals surface area contributed by atoms with Crippen LogP contribution in [0.2, 0.25) is 10.0 Å². The lowest BCUT2D eigenvalue weighted by atomic mass is 10.1. The second-order valence-corrected chi connectivity index (χ2v) is 14.4. The zero-order chi connectivity index (χ0) is 33.5. The third kappa shape index (κ3) is 12.3. The number of urea groups is 1. The molecule has 0 bridgehead atoms. The van der Waals surface area contributed by atoms with E-state index in [0.717, 1.165) is 36.8 Å². The van der Waals surface area contributed by atoms with Crippen LogP contribution in [-0.2, 0) is 30.5 Å². The van der Waals surface area contributed by atoms with Crippen LogP contribution in [-0.4, -0.2) is 90.5 Å². The van der Waals surface area contributed by atoms with Crippen molar-refractivity contribution in [2.75, 3.05) is 59.4 Å². The summed E-state index contributed by atoms with van der Waals surface area (Å²) in [5.41, 5.74) is 1.96. The van der Waals surface area contributed by atoms with Gasteiger partial charge in [-0.05, 0) is 81.7 Å². The lowest BCUT2D eigenvalue weighted by Gasteiger charge is -2.27. The number of benzene rings is 2. The molecule has 3 rings (SSSR count). The molecule has 0 radical (unpaired) electrons. The number of amides is 2. The number of Topliss-reactive ketones (excluding diaryl/α,β-unsaturated/α-hetero) is 1. The Labute approximate surface area is 283 Å². The van der Waals surface area contributed by atoms with Crippen LogP contribution in [0.1, 0.15) is 62.7 Å².